The molecule has 30 heavy (non-hydrogen) atoms. The maximum atomic E-state index is 9.80. The molecule has 4 aromatic carbocycles. The van der Waals surface area contributed by atoms with Crippen molar-refractivity contribution in [1.82, 2.24) is 0 Å². The maximum Gasteiger partial charge on any atom is 0.115 e. The van der Waals surface area contributed by atoms with Crippen LogP contribution in [-0.4, -0.2) is 10.2 Å². The molecule has 0 atom stereocenters. The van der Waals surface area contributed by atoms with Gasteiger partial charge in [-0.05, 0) is 68.8 Å². The minimum atomic E-state index is 0.249. The van der Waals surface area contributed by atoms with Crippen LogP contribution in [0.3, 0.4) is 0 Å². The molecular formula is C28H20O2. The third-order valence-corrected chi connectivity index (χ3v) is 5.44. The van der Waals surface area contributed by atoms with E-state index in [2.05, 4.69) is 48.5 Å². The van der Waals surface area contributed by atoms with Crippen molar-refractivity contribution in [2.24, 2.45) is 0 Å². The number of phenols is 2. The second-order valence-corrected chi connectivity index (χ2v) is 7.33. The molecule has 0 unspecified atom stereocenters. The first-order valence-corrected chi connectivity index (χ1v) is 9.91. The van der Waals surface area contributed by atoms with Crippen LogP contribution in [0.1, 0.15) is 22.3 Å². The van der Waals surface area contributed by atoms with Gasteiger partial charge in [-0.15, -0.1) is 0 Å². The average Bonchev–Trinajstić information content (AvgIpc) is 2.77. The van der Waals surface area contributed by atoms with Crippen LogP contribution in [0.5, 0.6) is 11.5 Å². The summed E-state index contributed by atoms with van der Waals surface area (Å²) in [6.07, 6.45) is 0. The Hall–Kier alpha value is -4.04. The van der Waals surface area contributed by atoms with Crippen LogP contribution in [0.2, 0.25) is 0 Å². The lowest BCUT2D eigenvalue weighted by atomic mass is 9.69. The van der Waals surface area contributed by atoms with Crippen molar-refractivity contribution in [1.29, 1.82) is 0 Å². The fraction of sp³-hybridized carbons (Fsp3) is 0. The zero-order valence-corrected chi connectivity index (χ0v) is 16.3. The predicted octanol–water partition coefficient (Wildman–Crippen LogP) is 6.63. The van der Waals surface area contributed by atoms with Gasteiger partial charge < -0.3 is 10.2 Å². The molecule has 1 aliphatic rings. The first kappa shape index (κ1) is 18.0. The summed E-state index contributed by atoms with van der Waals surface area (Å²) in [7, 11) is 0. The molecule has 5 rings (SSSR count). The number of hydrogen-bond acceptors (Lipinski definition) is 2. The summed E-state index contributed by atoms with van der Waals surface area (Å²) in [5, 5.41) is 19.6. The van der Waals surface area contributed by atoms with Crippen molar-refractivity contribution in [2.45, 2.75) is 0 Å². The Balaban J connectivity index is 1.79. The van der Waals surface area contributed by atoms with E-state index in [1.807, 2.05) is 36.4 Å². The first-order chi connectivity index (χ1) is 14.7. The third kappa shape index (κ3) is 3.09. The lowest BCUT2D eigenvalue weighted by molar-refractivity contribution is 0.474. The summed E-state index contributed by atoms with van der Waals surface area (Å²) < 4.78 is 0. The molecule has 1 aliphatic carbocycles. The van der Waals surface area contributed by atoms with Gasteiger partial charge in [-0.3, -0.25) is 0 Å². The third-order valence-electron chi connectivity index (χ3n) is 5.44. The highest BCUT2D eigenvalue weighted by atomic mass is 16.3. The Morgan fingerprint density at radius 3 is 0.867 bits per heavy atom. The fourth-order valence-corrected chi connectivity index (χ4v) is 4.06. The molecule has 2 N–H and O–H groups in total. The number of benzene rings is 4. The van der Waals surface area contributed by atoms with Crippen molar-refractivity contribution in [3.8, 4) is 11.5 Å². The van der Waals surface area contributed by atoms with E-state index in [1.165, 1.54) is 11.1 Å². The second-order valence-electron chi connectivity index (χ2n) is 7.33. The van der Waals surface area contributed by atoms with Crippen LogP contribution in [-0.2, 0) is 0 Å². The molecular weight excluding hydrogens is 368 g/mol. The van der Waals surface area contributed by atoms with Gasteiger partial charge in [-0.25, -0.2) is 0 Å². The molecule has 0 heterocycles. The highest BCUT2D eigenvalue weighted by Gasteiger charge is 2.32. The summed E-state index contributed by atoms with van der Waals surface area (Å²) >= 11 is 0. The van der Waals surface area contributed by atoms with Crippen LogP contribution in [0.15, 0.2) is 109 Å². The number of phenolic OH excluding ortho intramolecular Hbond substituents is 2. The van der Waals surface area contributed by atoms with Gasteiger partial charge >= 0.3 is 0 Å². The molecule has 4 aromatic rings. The quantitative estimate of drug-likeness (QED) is 0.412. The largest absolute Gasteiger partial charge is 0.508 e. The van der Waals surface area contributed by atoms with Crippen LogP contribution in [0.4, 0.5) is 0 Å². The minimum absolute atomic E-state index is 0.249. The van der Waals surface area contributed by atoms with Gasteiger partial charge in [0.1, 0.15) is 11.5 Å². The highest BCUT2D eigenvalue weighted by molar-refractivity contribution is 6.43. The number of allylic oxidation sites excluding steroid dienone is 4. The number of hydrogen-bond donors (Lipinski definition) is 2. The Morgan fingerprint density at radius 2 is 0.567 bits per heavy atom. The van der Waals surface area contributed by atoms with Gasteiger partial charge in [0.15, 0.2) is 0 Å². The zero-order valence-electron chi connectivity index (χ0n) is 16.3. The molecule has 0 fully saturated rings. The highest BCUT2D eigenvalue weighted by Crippen LogP contribution is 2.56. The number of rotatable bonds is 4. The van der Waals surface area contributed by atoms with Gasteiger partial charge in [-0.2, -0.15) is 0 Å². The lowest BCUT2D eigenvalue weighted by Crippen LogP contribution is -2.10. The van der Waals surface area contributed by atoms with Crippen molar-refractivity contribution in [3.05, 3.63) is 131 Å². The van der Waals surface area contributed by atoms with E-state index in [9.17, 15) is 10.2 Å². The van der Waals surface area contributed by atoms with Crippen LogP contribution in [0, 0.1) is 0 Å². The molecule has 0 amide bonds. The van der Waals surface area contributed by atoms with Crippen molar-refractivity contribution in [2.75, 3.05) is 0 Å². The van der Waals surface area contributed by atoms with Crippen LogP contribution in [0.25, 0.3) is 22.3 Å². The van der Waals surface area contributed by atoms with Gasteiger partial charge in [0.25, 0.3) is 0 Å². The summed E-state index contributed by atoms with van der Waals surface area (Å²) in [6.45, 7) is 0. The Morgan fingerprint density at radius 1 is 0.300 bits per heavy atom. The topological polar surface area (TPSA) is 40.5 Å². The Kier molecular flexibility index (Phi) is 4.45. The molecule has 0 bridgehead atoms. The van der Waals surface area contributed by atoms with Gasteiger partial charge in [-0.1, -0.05) is 84.9 Å². The van der Waals surface area contributed by atoms with E-state index in [0.29, 0.717) is 0 Å². The molecule has 0 radical (unpaired) electrons. The van der Waals surface area contributed by atoms with Crippen LogP contribution >= 0.6 is 0 Å². The molecule has 2 nitrogen and oxygen atoms in total. The van der Waals surface area contributed by atoms with E-state index in [1.54, 1.807) is 24.3 Å². The summed E-state index contributed by atoms with van der Waals surface area (Å²) in [6, 6.07) is 35.5. The predicted molar refractivity (Wildman–Crippen MR) is 123 cm³/mol. The maximum absolute atomic E-state index is 9.80. The smallest absolute Gasteiger partial charge is 0.115 e. The molecule has 0 saturated carbocycles. The van der Waals surface area contributed by atoms with E-state index < -0.39 is 0 Å². The molecule has 0 saturated heterocycles. The normalized spacial score (nSPS) is 13.3. The zero-order chi connectivity index (χ0) is 20.5. The average molecular weight is 388 g/mol. The van der Waals surface area contributed by atoms with E-state index in [0.717, 1.165) is 33.4 Å². The Labute approximate surface area is 175 Å². The van der Waals surface area contributed by atoms with E-state index in [4.69, 9.17) is 0 Å². The fourth-order valence-electron chi connectivity index (χ4n) is 4.06. The van der Waals surface area contributed by atoms with Crippen molar-refractivity contribution >= 4 is 22.3 Å². The SMILES string of the molecule is Oc1ccc(C2=C(c3ccc(O)cc3)C(c3ccccc3)=C2c2ccccc2)cc1. The first-order valence-electron chi connectivity index (χ1n) is 9.91. The lowest BCUT2D eigenvalue weighted by Gasteiger charge is -2.33. The van der Waals surface area contributed by atoms with Gasteiger partial charge in [0.05, 0.1) is 0 Å². The molecule has 0 aliphatic heterocycles. The van der Waals surface area contributed by atoms with Gasteiger partial charge in [0, 0.05) is 0 Å². The van der Waals surface area contributed by atoms with Crippen LogP contribution < -0.4 is 0 Å². The monoisotopic (exact) mass is 388 g/mol. The molecule has 2 heteroatoms. The van der Waals surface area contributed by atoms with E-state index in [-0.39, 0.29) is 11.5 Å². The summed E-state index contributed by atoms with van der Waals surface area (Å²) in [5.74, 6) is 0.497. The summed E-state index contributed by atoms with van der Waals surface area (Å²) in [4.78, 5) is 0. The van der Waals surface area contributed by atoms with E-state index >= 15 is 0 Å². The number of aromatic hydroxyl groups is 2. The van der Waals surface area contributed by atoms with Gasteiger partial charge in [0.2, 0.25) is 0 Å². The summed E-state index contributed by atoms with van der Waals surface area (Å²) in [5.41, 5.74) is 9.08. The Bertz CT molecular complexity index is 1150. The van der Waals surface area contributed by atoms with Crippen molar-refractivity contribution < 1.29 is 10.2 Å². The second kappa shape index (κ2) is 7.41. The minimum Gasteiger partial charge on any atom is -0.508 e. The molecule has 0 aromatic heterocycles. The molecule has 0 spiro atoms. The molecule has 144 valence electrons. The standard InChI is InChI=1S/C28H20O2/c29-23-15-11-21(12-16-23)27-25(19-7-3-1-4-8-19)26(20-9-5-2-6-10-20)28(27)22-13-17-24(30)18-14-22/h1-18,29-30H. The van der Waals surface area contributed by atoms with Crippen molar-refractivity contribution in [3.63, 3.8) is 0 Å².